The van der Waals surface area contributed by atoms with Gasteiger partial charge in [0.05, 0.1) is 11.2 Å². The van der Waals surface area contributed by atoms with Gasteiger partial charge >= 0.3 is 0 Å². The second kappa shape index (κ2) is 7.31. The van der Waals surface area contributed by atoms with Gasteiger partial charge in [-0.25, -0.2) is 0 Å². The molecule has 0 saturated carbocycles. The molecule has 0 unspecified atom stereocenters. The van der Waals surface area contributed by atoms with Crippen LogP contribution >= 0.6 is 23.2 Å². The molecule has 0 radical (unpaired) electrons. The van der Waals surface area contributed by atoms with Crippen LogP contribution in [0.15, 0.2) is 42.6 Å². The van der Waals surface area contributed by atoms with Gasteiger partial charge in [-0.1, -0.05) is 23.2 Å². The lowest BCUT2D eigenvalue weighted by molar-refractivity contribution is 0.324. The molecule has 26 heavy (non-hydrogen) atoms. The fourth-order valence-electron chi connectivity index (χ4n) is 3.43. The highest BCUT2D eigenvalue weighted by atomic mass is 35.5. The number of hydrogen-bond acceptors (Lipinski definition) is 4. The summed E-state index contributed by atoms with van der Waals surface area (Å²) in [6, 6.07) is 11.0. The summed E-state index contributed by atoms with van der Waals surface area (Å²) in [7, 11) is 0. The predicted molar refractivity (Wildman–Crippen MR) is 108 cm³/mol. The van der Waals surface area contributed by atoms with Crippen LogP contribution in [0, 0.1) is 0 Å². The van der Waals surface area contributed by atoms with Crippen molar-refractivity contribution in [2.75, 3.05) is 18.4 Å². The third-order valence-corrected chi connectivity index (χ3v) is 5.17. The van der Waals surface area contributed by atoms with Gasteiger partial charge in [0.25, 0.3) is 0 Å². The number of rotatable bonds is 4. The second-order valence-electron chi connectivity index (χ2n) is 6.59. The van der Waals surface area contributed by atoms with E-state index >= 15 is 0 Å². The van der Waals surface area contributed by atoms with Crippen LogP contribution in [0.25, 0.3) is 10.9 Å². The van der Waals surface area contributed by atoms with Crippen molar-refractivity contribution in [2.24, 2.45) is 0 Å². The monoisotopic (exact) mass is 387 g/mol. The molecule has 0 bridgehead atoms. The summed E-state index contributed by atoms with van der Waals surface area (Å²) in [6.07, 6.45) is 4.13. The summed E-state index contributed by atoms with van der Waals surface area (Å²) in [6.45, 7) is 2.82. The third-order valence-electron chi connectivity index (χ3n) is 4.72. The van der Waals surface area contributed by atoms with E-state index in [9.17, 15) is 5.11 Å². The maximum Gasteiger partial charge on any atom is 0.143 e. The zero-order valence-corrected chi connectivity index (χ0v) is 15.7. The maximum absolute atomic E-state index is 10.8. The summed E-state index contributed by atoms with van der Waals surface area (Å²) in [4.78, 5) is 6.68. The standard InChI is InChI=1S/C20H19Cl2N3O/c21-14-3-4-16-17(5-6-23-18(16)10-14)24-19-11-15(22)9-13(20(19)26)12-25-7-1-2-8-25/h3-6,9-11,26H,1-2,7-8,12H2,(H,23,24). The zero-order valence-electron chi connectivity index (χ0n) is 14.2. The van der Waals surface area contributed by atoms with E-state index in [1.54, 1.807) is 12.3 Å². The first-order valence-electron chi connectivity index (χ1n) is 8.65. The van der Waals surface area contributed by atoms with Gasteiger partial charge in [0, 0.05) is 39.4 Å². The molecule has 0 amide bonds. The molecule has 1 fully saturated rings. The van der Waals surface area contributed by atoms with Gasteiger partial charge in [0.2, 0.25) is 0 Å². The van der Waals surface area contributed by atoms with Gasteiger partial charge < -0.3 is 10.4 Å². The minimum Gasteiger partial charge on any atom is -0.505 e. The lowest BCUT2D eigenvalue weighted by Crippen LogP contribution is -2.18. The first kappa shape index (κ1) is 17.4. The number of pyridine rings is 1. The molecule has 4 nitrogen and oxygen atoms in total. The van der Waals surface area contributed by atoms with Crippen molar-refractivity contribution >= 4 is 45.5 Å². The number of nitrogens with one attached hydrogen (secondary N) is 1. The molecule has 1 saturated heterocycles. The number of phenolic OH excluding ortho intramolecular Hbond substituents is 1. The summed E-state index contributed by atoms with van der Waals surface area (Å²) in [5.74, 6) is 0.236. The van der Waals surface area contributed by atoms with E-state index < -0.39 is 0 Å². The molecule has 3 aromatic rings. The molecule has 134 valence electrons. The lowest BCUT2D eigenvalue weighted by Gasteiger charge is -2.18. The summed E-state index contributed by atoms with van der Waals surface area (Å²) < 4.78 is 0. The molecule has 0 aliphatic carbocycles. The Hall–Kier alpha value is -2.01. The zero-order chi connectivity index (χ0) is 18.1. The number of phenols is 1. The smallest absolute Gasteiger partial charge is 0.143 e. The molecule has 2 heterocycles. The number of anilines is 2. The Kier molecular flexibility index (Phi) is 4.90. The number of likely N-dealkylation sites (tertiary alicyclic amines) is 1. The van der Waals surface area contributed by atoms with Crippen molar-refractivity contribution in [1.82, 2.24) is 9.88 Å². The summed E-state index contributed by atoms with van der Waals surface area (Å²) in [5.41, 5.74) is 3.06. The van der Waals surface area contributed by atoms with Crippen molar-refractivity contribution in [1.29, 1.82) is 0 Å². The van der Waals surface area contributed by atoms with Crippen molar-refractivity contribution in [2.45, 2.75) is 19.4 Å². The Labute approximate surface area is 162 Å². The number of aromatic nitrogens is 1. The van der Waals surface area contributed by atoms with Crippen LogP contribution in [0.5, 0.6) is 5.75 Å². The SMILES string of the molecule is Oc1c(CN2CCCC2)cc(Cl)cc1Nc1ccnc2cc(Cl)ccc12. The van der Waals surface area contributed by atoms with Crippen LogP contribution in [0.2, 0.25) is 10.0 Å². The van der Waals surface area contributed by atoms with E-state index in [0.717, 1.165) is 35.2 Å². The Morgan fingerprint density at radius 3 is 2.62 bits per heavy atom. The van der Waals surface area contributed by atoms with Crippen LogP contribution in [-0.2, 0) is 6.54 Å². The molecule has 2 N–H and O–H groups in total. The van der Waals surface area contributed by atoms with E-state index in [1.807, 2.05) is 30.3 Å². The number of benzene rings is 2. The van der Waals surface area contributed by atoms with Crippen molar-refractivity contribution in [3.05, 3.63) is 58.2 Å². The normalized spacial score (nSPS) is 14.8. The van der Waals surface area contributed by atoms with Crippen LogP contribution < -0.4 is 5.32 Å². The van der Waals surface area contributed by atoms with Crippen LogP contribution in [0.4, 0.5) is 11.4 Å². The first-order chi connectivity index (χ1) is 12.6. The molecule has 0 atom stereocenters. The van der Waals surface area contributed by atoms with Gasteiger partial charge in [0.1, 0.15) is 5.75 Å². The van der Waals surface area contributed by atoms with Crippen LogP contribution in [0.3, 0.4) is 0 Å². The molecule has 0 spiro atoms. The number of nitrogens with zero attached hydrogens (tertiary/aromatic N) is 2. The summed E-state index contributed by atoms with van der Waals surface area (Å²) >= 11 is 12.4. The fraction of sp³-hybridized carbons (Fsp3) is 0.250. The van der Waals surface area contributed by atoms with Crippen molar-refractivity contribution in [3.8, 4) is 5.75 Å². The highest BCUT2D eigenvalue weighted by Crippen LogP contribution is 2.36. The molecular formula is C20H19Cl2N3O. The van der Waals surface area contributed by atoms with Gasteiger partial charge in [-0.15, -0.1) is 0 Å². The molecule has 1 aliphatic rings. The second-order valence-corrected chi connectivity index (χ2v) is 7.46. The van der Waals surface area contributed by atoms with Gasteiger partial charge in [-0.05, 0) is 62.3 Å². The highest BCUT2D eigenvalue weighted by molar-refractivity contribution is 6.31. The summed E-state index contributed by atoms with van der Waals surface area (Å²) in [5, 5.41) is 16.2. The van der Waals surface area contributed by atoms with E-state index in [-0.39, 0.29) is 5.75 Å². The number of aromatic hydroxyl groups is 1. The Balaban J connectivity index is 1.69. The molecule has 6 heteroatoms. The Bertz CT molecular complexity index is 955. The lowest BCUT2D eigenvalue weighted by atomic mass is 10.1. The van der Waals surface area contributed by atoms with Crippen LogP contribution in [-0.4, -0.2) is 28.1 Å². The predicted octanol–water partition coefficient (Wildman–Crippen LogP) is 5.59. The number of halogens is 2. The highest BCUT2D eigenvalue weighted by Gasteiger charge is 2.17. The van der Waals surface area contributed by atoms with E-state index in [1.165, 1.54) is 12.8 Å². The van der Waals surface area contributed by atoms with E-state index in [0.29, 0.717) is 22.3 Å². The average Bonchev–Trinajstić information content (AvgIpc) is 3.12. The molecule has 2 aromatic carbocycles. The largest absolute Gasteiger partial charge is 0.505 e. The minimum atomic E-state index is 0.236. The third kappa shape index (κ3) is 3.58. The molecule has 4 rings (SSSR count). The minimum absolute atomic E-state index is 0.236. The van der Waals surface area contributed by atoms with E-state index in [2.05, 4.69) is 15.2 Å². The number of hydrogen-bond donors (Lipinski definition) is 2. The topological polar surface area (TPSA) is 48.4 Å². The van der Waals surface area contributed by atoms with Gasteiger partial charge in [-0.3, -0.25) is 9.88 Å². The first-order valence-corrected chi connectivity index (χ1v) is 9.41. The Morgan fingerprint density at radius 1 is 1.00 bits per heavy atom. The number of fused-ring (bicyclic) bond motifs is 1. The quantitative estimate of drug-likeness (QED) is 0.573. The molecular weight excluding hydrogens is 369 g/mol. The van der Waals surface area contributed by atoms with Crippen molar-refractivity contribution < 1.29 is 5.11 Å². The maximum atomic E-state index is 10.8. The van der Waals surface area contributed by atoms with Gasteiger partial charge in [0.15, 0.2) is 0 Å². The molecule has 1 aliphatic heterocycles. The fourth-order valence-corrected chi connectivity index (χ4v) is 3.84. The molecule has 1 aromatic heterocycles. The van der Waals surface area contributed by atoms with Crippen LogP contribution in [0.1, 0.15) is 18.4 Å². The average molecular weight is 388 g/mol. The van der Waals surface area contributed by atoms with Crippen molar-refractivity contribution in [3.63, 3.8) is 0 Å². The van der Waals surface area contributed by atoms with E-state index in [4.69, 9.17) is 23.2 Å². The Morgan fingerprint density at radius 2 is 1.81 bits per heavy atom. The van der Waals surface area contributed by atoms with Gasteiger partial charge in [-0.2, -0.15) is 0 Å².